The summed E-state index contributed by atoms with van der Waals surface area (Å²) in [5, 5.41) is 7.82. The van der Waals surface area contributed by atoms with Crippen LogP contribution in [0.3, 0.4) is 0 Å². The van der Waals surface area contributed by atoms with Gasteiger partial charge in [-0.25, -0.2) is 17.9 Å². The molecule has 3 rings (SSSR count). The normalized spacial score (nSPS) is 21.8. The minimum Gasteiger partial charge on any atom is -0.364 e. The van der Waals surface area contributed by atoms with Gasteiger partial charge < -0.3 is 5.32 Å². The van der Waals surface area contributed by atoms with Gasteiger partial charge in [0.05, 0.1) is 17.2 Å². The first-order valence-corrected chi connectivity index (χ1v) is 8.89. The Kier molecular flexibility index (Phi) is 3.20. The number of hydrogen-bond acceptors (Lipinski definition) is 5. The first-order chi connectivity index (χ1) is 9.74. The molecule has 0 radical (unpaired) electrons. The van der Waals surface area contributed by atoms with Crippen molar-refractivity contribution in [1.82, 2.24) is 14.6 Å². The van der Waals surface area contributed by atoms with E-state index in [1.165, 1.54) is 0 Å². The van der Waals surface area contributed by atoms with Crippen LogP contribution in [-0.2, 0) is 15.3 Å². The molecule has 0 spiro atoms. The summed E-state index contributed by atoms with van der Waals surface area (Å²) < 4.78 is 24.9. The second-order valence-electron chi connectivity index (χ2n) is 6.63. The number of rotatable bonds is 2. The lowest BCUT2D eigenvalue weighted by Crippen LogP contribution is -2.21. The highest BCUT2D eigenvalue weighted by molar-refractivity contribution is 7.91. The van der Waals surface area contributed by atoms with Crippen LogP contribution in [0.25, 0.3) is 5.52 Å². The molecule has 114 valence electrons. The molecule has 0 bridgehead atoms. The molecule has 1 atom stereocenters. The van der Waals surface area contributed by atoms with Crippen LogP contribution in [0.15, 0.2) is 18.5 Å². The van der Waals surface area contributed by atoms with E-state index >= 15 is 0 Å². The van der Waals surface area contributed by atoms with Crippen LogP contribution >= 0.6 is 0 Å². The van der Waals surface area contributed by atoms with E-state index < -0.39 is 9.84 Å². The molecular weight excluding hydrogens is 288 g/mol. The number of aromatic nitrogens is 3. The molecule has 2 aromatic rings. The SMILES string of the molecule is CC(C)(C)c1cc2c(NC3CCS(=O)(=O)C3)nccn2n1. The van der Waals surface area contributed by atoms with Crippen molar-refractivity contribution in [2.75, 3.05) is 16.8 Å². The molecule has 1 unspecified atom stereocenters. The predicted molar refractivity (Wildman–Crippen MR) is 82.4 cm³/mol. The highest BCUT2D eigenvalue weighted by Gasteiger charge is 2.28. The van der Waals surface area contributed by atoms with E-state index in [9.17, 15) is 8.42 Å². The Morgan fingerprint density at radius 3 is 2.76 bits per heavy atom. The maximum absolute atomic E-state index is 11.6. The summed E-state index contributed by atoms with van der Waals surface area (Å²) in [5.41, 5.74) is 1.82. The first-order valence-electron chi connectivity index (χ1n) is 7.06. The smallest absolute Gasteiger partial charge is 0.152 e. The number of fused-ring (bicyclic) bond motifs is 1. The molecule has 0 amide bonds. The fraction of sp³-hybridized carbons (Fsp3) is 0.571. The van der Waals surface area contributed by atoms with Crippen LogP contribution in [0.1, 0.15) is 32.9 Å². The zero-order valence-electron chi connectivity index (χ0n) is 12.5. The van der Waals surface area contributed by atoms with Crippen molar-refractivity contribution in [2.45, 2.75) is 38.6 Å². The van der Waals surface area contributed by atoms with Crippen molar-refractivity contribution in [1.29, 1.82) is 0 Å². The van der Waals surface area contributed by atoms with Crippen molar-refractivity contribution in [3.63, 3.8) is 0 Å². The average molecular weight is 308 g/mol. The molecule has 1 saturated heterocycles. The molecule has 1 N–H and O–H groups in total. The Morgan fingerprint density at radius 1 is 1.38 bits per heavy atom. The van der Waals surface area contributed by atoms with Gasteiger partial charge in [-0.1, -0.05) is 20.8 Å². The standard InChI is InChI=1S/C14H20N4O2S/c1-14(2,3)12-8-11-13(15-5-6-18(11)17-12)16-10-4-7-21(19,20)9-10/h5-6,8,10H,4,7,9H2,1-3H3,(H,15,16). The minimum absolute atomic E-state index is 0.0417. The zero-order valence-corrected chi connectivity index (χ0v) is 13.3. The monoisotopic (exact) mass is 308 g/mol. The molecule has 1 fully saturated rings. The maximum Gasteiger partial charge on any atom is 0.152 e. The zero-order chi connectivity index (χ0) is 15.3. The van der Waals surface area contributed by atoms with Gasteiger partial charge in [-0.05, 0) is 12.5 Å². The van der Waals surface area contributed by atoms with Crippen LogP contribution in [-0.4, -0.2) is 40.6 Å². The summed E-state index contributed by atoms with van der Waals surface area (Å²) in [6.07, 6.45) is 4.12. The van der Waals surface area contributed by atoms with Gasteiger partial charge in [0.25, 0.3) is 0 Å². The summed E-state index contributed by atoms with van der Waals surface area (Å²) in [4.78, 5) is 4.35. The molecule has 0 aromatic carbocycles. The second kappa shape index (κ2) is 4.69. The van der Waals surface area contributed by atoms with Crippen LogP contribution in [0.4, 0.5) is 5.82 Å². The van der Waals surface area contributed by atoms with E-state index in [-0.39, 0.29) is 23.0 Å². The maximum atomic E-state index is 11.6. The Morgan fingerprint density at radius 2 is 2.14 bits per heavy atom. The van der Waals surface area contributed by atoms with Crippen LogP contribution in [0.5, 0.6) is 0 Å². The van der Waals surface area contributed by atoms with Crippen molar-refractivity contribution in [3.8, 4) is 0 Å². The number of anilines is 1. The van der Waals surface area contributed by atoms with Crippen LogP contribution in [0.2, 0.25) is 0 Å². The highest BCUT2D eigenvalue weighted by Crippen LogP contribution is 2.25. The number of sulfone groups is 1. The Hall–Kier alpha value is -1.63. The van der Waals surface area contributed by atoms with Crippen molar-refractivity contribution < 1.29 is 8.42 Å². The summed E-state index contributed by atoms with van der Waals surface area (Å²) >= 11 is 0. The average Bonchev–Trinajstić information content (AvgIpc) is 2.93. The lowest BCUT2D eigenvalue weighted by atomic mass is 9.92. The largest absolute Gasteiger partial charge is 0.364 e. The fourth-order valence-corrected chi connectivity index (χ4v) is 4.18. The summed E-state index contributed by atoms with van der Waals surface area (Å²) in [6.45, 7) is 6.33. The summed E-state index contributed by atoms with van der Waals surface area (Å²) in [6, 6.07) is 1.94. The van der Waals surface area contributed by atoms with E-state index in [2.05, 4.69) is 36.2 Å². The van der Waals surface area contributed by atoms with Gasteiger partial charge in [-0.3, -0.25) is 0 Å². The van der Waals surface area contributed by atoms with E-state index in [0.717, 1.165) is 11.2 Å². The predicted octanol–water partition coefficient (Wildman–Crippen LogP) is 1.63. The Bertz CT molecular complexity index is 774. The summed E-state index contributed by atoms with van der Waals surface area (Å²) in [5.74, 6) is 1.12. The first kappa shape index (κ1) is 14.3. The van der Waals surface area contributed by atoms with E-state index in [0.29, 0.717) is 12.2 Å². The lowest BCUT2D eigenvalue weighted by molar-refractivity contribution is 0.562. The van der Waals surface area contributed by atoms with Gasteiger partial charge in [-0.15, -0.1) is 0 Å². The highest BCUT2D eigenvalue weighted by atomic mass is 32.2. The topological polar surface area (TPSA) is 76.4 Å². The molecule has 21 heavy (non-hydrogen) atoms. The van der Waals surface area contributed by atoms with Crippen LogP contribution in [0, 0.1) is 0 Å². The molecule has 1 aliphatic heterocycles. The summed E-state index contributed by atoms with van der Waals surface area (Å²) in [7, 11) is -2.90. The van der Waals surface area contributed by atoms with Gasteiger partial charge in [-0.2, -0.15) is 5.10 Å². The molecule has 0 saturated carbocycles. The fourth-order valence-electron chi connectivity index (χ4n) is 2.50. The Balaban J connectivity index is 1.94. The van der Waals surface area contributed by atoms with Crippen molar-refractivity contribution in [3.05, 3.63) is 24.2 Å². The molecule has 3 heterocycles. The number of nitrogens with one attached hydrogen (secondary N) is 1. The van der Waals surface area contributed by atoms with E-state index in [1.54, 1.807) is 16.9 Å². The van der Waals surface area contributed by atoms with Crippen molar-refractivity contribution in [2.24, 2.45) is 0 Å². The van der Waals surface area contributed by atoms with E-state index in [4.69, 9.17) is 0 Å². The van der Waals surface area contributed by atoms with Gasteiger partial charge >= 0.3 is 0 Å². The number of hydrogen-bond donors (Lipinski definition) is 1. The quantitative estimate of drug-likeness (QED) is 0.912. The van der Waals surface area contributed by atoms with E-state index in [1.807, 2.05) is 6.07 Å². The minimum atomic E-state index is -2.90. The molecule has 2 aromatic heterocycles. The molecule has 7 heteroatoms. The lowest BCUT2D eigenvalue weighted by Gasteiger charge is -2.13. The van der Waals surface area contributed by atoms with Crippen molar-refractivity contribution >= 4 is 21.2 Å². The third-order valence-corrected chi connectivity index (χ3v) is 5.50. The Labute approximate surface area is 124 Å². The van der Waals surface area contributed by atoms with Crippen LogP contribution < -0.4 is 5.32 Å². The molecule has 0 aliphatic carbocycles. The second-order valence-corrected chi connectivity index (χ2v) is 8.86. The molecule has 6 nitrogen and oxygen atoms in total. The van der Waals surface area contributed by atoms with Gasteiger partial charge in [0, 0.05) is 23.9 Å². The van der Waals surface area contributed by atoms with Gasteiger partial charge in [0.1, 0.15) is 5.52 Å². The molecular formula is C14H20N4O2S. The molecule has 1 aliphatic rings. The number of nitrogens with zero attached hydrogens (tertiary/aromatic N) is 3. The van der Waals surface area contributed by atoms with Gasteiger partial charge in [0.15, 0.2) is 15.7 Å². The van der Waals surface area contributed by atoms with Gasteiger partial charge in [0.2, 0.25) is 0 Å². The third kappa shape index (κ3) is 2.88. The third-order valence-electron chi connectivity index (χ3n) is 3.73.